The van der Waals surface area contributed by atoms with Crippen LogP contribution >= 0.6 is 12.2 Å². The standard InChI is InChI=1S/C11H20N2O4S.C2H4O2/c1-2-4-12-11(18)13-5-7-17-9-8-16-6-3-10(14)15;1-2(3)4/h1-9H2,(H2-,12,13,14,15,18);1H3,(H,3,4). The second-order valence-corrected chi connectivity index (χ2v) is 4.30. The summed E-state index contributed by atoms with van der Waals surface area (Å²) in [4.78, 5) is 19.1. The summed E-state index contributed by atoms with van der Waals surface area (Å²) in [5.41, 5.74) is 0. The summed E-state index contributed by atoms with van der Waals surface area (Å²) in [6.07, 6.45) is 0.805. The van der Waals surface area contributed by atoms with Crippen molar-refractivity contribution in [3.63, 3.8) is 0 Å². The lowest BCUT2D eigenvalue weighted by Crippen LogP contribution is -2.37. The van der Waals surface area contributed by atoms with Crippen LogP contribution in [-0.4, -0.2) is 61.7 Å². The van der Waals surface area contributed by atoms with Gasteiger partial charge in [0.05, 0.1) is 46.3 Å². The zero-order valence-electron chi connectivity index (χ0n) is 12.8. The van der Waals surface area contributed by atoms with Crippen molar-refractivity contribution >= 4 is 29.3 Å². The molecule has 22 heavy (non-hydrogen) atoms. The van der Waals surface area contributed by atoms with Gasteiger partial charge in [0.1, 0.15) is 6.42 Å². The van der Waals surface area contributed by atoms with Crippen LogP contribution in [0.15, 0.2) is 0 Å². The maximum absolute atomic E-state index is 10.2. The van der Waals surface area contributed by atoms with Crippen molar-refractivity contribution < 1.29 is 29.3 Å². The van der Waals surface area contributed by atoms with E-state index in [-0.39, 0.29) is 13.0 Å². The molecule has 0 rings (SSSR count). The molecule has 0 aliphatic carbocycles. The normalized spacial score (nSPS) is 9.32. The van der Waals surface area contributed by atoms with Crippen LogP contribution in [0.2, 0.25) is 0 Å². The number of carboxylic acids is 2. The molecule has 0 aromatic heterocycles. The van der Waals surface area contributed by atoms with Crippen molar-refractivity contribution in [1.29, 1.82) is 0 Å². The van der Waals surface area contributed by atoms with Gasteiger partial charge in [-0.05, 0) is 19.1 Å². The number of hydrogen-bond acceptors (Lipinski definition) is 6. The summed E-state index contributed by atoms with van der Waals surface area (Å²) in [5, 5.41) is 23.8. The molecule has 0 aromatic rings. The van der Waals surface area contributed by atoms with E-state index in [0.29, 0.717) is 31.5 Å². The first-order valence-corrected chi connectivity index (χ1v) is 7.16. The zero-order chi connectivity index (χ0) is 17.2. The smallest absolute Gasteiger partial charge is 0.305 e. The molecule has 3 N–H and O–H groups in total. The van der Waals surface area contributed by atoms with Crippen LogP contribution in [0.1, 0.15) is 19.8 Å². The van der Waals surface area contributed by atoms with E-state index >= 15 is 0 Å². The van der Waals surface area contributed by atoms with E-state index in [1.54, 1.807) is 0 Å². The lowest BCUT2D eigenvalue weighted by atomic mass is 10.5. The summed E-state index contributed by atoms with van der Waals surface area (Å²) in [5.74, 6) is -1.94. The fourth-order valence-corrected chi connectivity index (χ4v) is 1.19. The molecule has 0 heterocycles. The number of carbonyl (C=O) groups is 2. The first-order chi connectivity index (χ1) is 10.4. The number of thiocarbonyl (C=S) groups is 1. The molecule has 0 atom stereocenters. The summed E-state index contributed by atoms with van der Waals surface area (Å²) in [6.45, 7) is 7.62. The molecule has 128 valence electrons. The Morgan fingerprint density at radius 2 is 1.64 bits per heavy atom. The minimum atomic E-state index is -1.08. The van der Waals surface area contributed by atoms with Crippen LogP contribution in [0.3, 0.4) is 0 Å². The molecule has 8 nitrogen and oxygen atoms in total. The van der Waals surface area contributed by atoms with Crippen molar-refractivity contribution in [2.45, 2.75) is 19.8 Å². The van der Waals surface area contributed by atoms with Gasteiger partial charge in [-0.2, -0.15) is 0 Å². The number of aliphatic carboxylic acids is 2. The van der Waals surface area contributed by atoms with Crippen LogP contribution < -0.4 is 15.7 Å². The van der Waals surface area contributed by atoms with Crippen LogP contribution in [0.25, 0.3) is 0 Å². The summed E-state index contributed by atoms with van der Waals surface area (Å²) < 4.78 is 10.3. The van der Waals surface area contributed by atoms with Gasteiger partial charge in [-0.3, -0.25) is 4.79 Å². The minimum absolute atomic E-state index is 0.0216. The summed E-state index contributed by atoms with van der Waals surface area (Å²) in [7, 11) is 0. The summed E-state index contributed by atoms with van der Waals surface area (Å²) in [6, 6.07) is 0. The monoisotopic (exact) mass is 336 g/mol. The van der Waals surface area contributed by atoms with E-state index < -0.39 is 11.9 Å². The highest BCUT2D eigenvalue weighted by Gasteiger charge is 1.97. The molecule has 0 bridgehead atoms. The van der Waals surface area contributed by atoms with Crippen LogP contribution in [0.4, 0.5) is 0 Å². The van der Waals surface area contributed by atoms with Gasteiger partial charge in [0.15, 0.2) is 5.11 Å². The molecule has 9 heteroatoms. The Bertz CT molecular complexity index is 311. The Balaban J connectivity index is 0. The van der Waals surface area contributed by atoms with E-state index in [1.807, 2.05) is 0 Å². The quantitative estimate of drug-likeness (QED) is 0.246. The Morgan fingerprint density at radius 1 is 1.14 bits per heavy atom. The van der Waals surface area contributed by atoms with Crippen molar-refractivity contribution in [1.82, 2.24) is 10.6 Å². The maximum Gasteiger partial charge on any atom is 0.305 e. The van der Waals surface area contributed by atoms with Gasteiger partial charge < -0.3 is 35.1 Å². The fraction of sp³-hybridized carbons (Fsp3) is 0.692. The van der Waals surface area contributed by atoms with Crippen molar-refractivity contribution in [2.24, 2.45) is 0 Å². The highest BCUT2D eigenvalue weighted by Crippen LogP contribution is 1.83. The molecular weight excluding hydrogens is 312 g/mol. The topological polar surface area (TPSA) is 120 Å². The summed E-state index contributed by atoms with van der Waals surface area (Å²) >= 11 is 4.99. The molecule has 0 fully saturated rings. The number of hydrogen-bond donors (Lipinski definition) is 3. The maximum atomic E-state index is 10.2. The second kappa shape index (κ2) is 17.5. The molecule has 0 aliphatic rings. The molecule has 0 aliphatic heterocycles. The van der Waals surface area contributed by atoms with Gasteiger partial charge in [0.2, 0.25) is 0 Å². The molecule has 0 unspecified atom stereocenters. The second-order valence-electron chi connectivity index (χ2n) is 3.90. The van der Waals surface area contributed by atoms with Crippen LogP contribution in [0.5, 0.6) is 0 Å². The van der Waals surface area contributed by atoms with E-state index in [2.05, 4.69) is 17.6 Å². The van der Waals surface area contributed by atoms with Crippen molar-refractivity contribution in [3.05, 3.63) is 6.92 Å². The average molecular weight is 336 g/mol. The highest BCUT2D eigenvalue weighted by atomic mass is 32.1. The fourth-order valence-electron chi connectivity index (χ4n) is 0.983. The molecular formula is C13H24N2O6S. The Morgan fingerprint density at radius 3 is 2.14 bits per heavy atom. The molecule has 0 aromatic carbocycles. The van der Waals surface area contributed by atoms with E-state index in [4.69, 9.17) is 36.7 Å². The number of carboxylic acid groups (broad SMARTS) is 2. The lowest BCUT2D eigenvalue weighted by molar-refractivity contribution is -0.302. The van der Waals surface area contributed by atoms with Gasteiger partial charge >= 0.3 is 5.97 Å². The Kier molecular flexibility index (Phi) is 18.0. The van der Waals surface area contributed by atoms with E-state index in [0.717, 1.165) is 19.9 Å². The third kappa shape index (κ3) is 26.9. The molecule has 0 radical (unpaired) electrons. The van der Waals surface area contributed by atoms with Gasteiger partial charge in [0.25, 0.3) is 0 Å². The van der Waals surface area contributed by atoms with E-state index in [9.17, 15) is 4.79 Å². The van der Waals surface area contributed by atoms with Crippen molar-refractivity contribution in [3.8, 4) is 0 Å². The Labute approximate surface area is 136 Å². The number of nitrogens with one attached hydrogen (secondary N) is 2. The molecule has 0 amide bonds. The van der Waals surface area contributed by atoms with Crippen molar-refractivity contribution in [2.75, 3.05) is 39.5 Å². The SMILES string of the molecule is CC(=O)[O-].[CH2+]CCNC(=S)NCCOCCOCCC(=O)O. The first-order valence-electron chi connectivity index (χ1n) is 6.76. The third-order valence-electron chi connectivity index (χ3n) is 1.83. The molecule has 0 saturated heterocycles. The van der Waals surface area contributed by atoms with Gasteiger partial charge in [-0.25, -0.2) is 0 Å². The Hall–Kier alpha value is -1.58. The number of rotatable bonds is 11. The highest BCUT2D eigenvalue weighted by molar-refractivity contribution is 7.80. The largest absolute Gasteiger partial charge is 0.550 e. The van der Waals surface area contributed by atoms with E-state index in [1.165, 1.54) is 0 Å². The van der Waals surface area contributed by atoms with Crippen LogP contribution in [0, 0.1) is 6.92 Å². The van der Waals surface area contributed by atoms with Gasteiger partial charge in [0, 0.05) is 12.5 Å². The minimum Gasteiger partial charge on any atom is -0.550 e. The average Bonchev–Trinajstić information content (AvgIpc) is 2.42. The van der Waals surface area contributed by atoms with Crippen LogP contribution in [-0.2, 0) is 19.1 Å². The zero-order valence-corrected chi connectivity index (χ0v) is 13.6. The molecule has 0 saturated carbocycles. The molecule has 0 spiro atoms. The predicted molar refractivity (Wildman–Crippen MR) is 83.1 cm³/mol. The van der Waals surface area contributed by atoms with Gasteiger partial charge in [-0.15, -0.1) is 0 Å². The lowest BCUT2D eigenvalue weighted by Gasteiger charge is -2.09. The third-order valence-corrected chi connectivity index (χ3v) is 2.12. The van der Waals surface area contributed by atoms with Gasteiger partial charge in [-0.1, -0.05) is 0 Å². The number of ether oxygens (including phenoxy) is 2. The number of carbonyl (C=O) groups excluding carboxylic acids is 1. The predicted octanol–water partition coefficient (Wildman–Crippen LogP) is -1.06. The first kappa shape index (κ1) is 22.7.